The molecule has 1 fully saturated rings. The first-order valence-corrected chi connectivity index (χ1v) is 5.63. The zero-order valence-corrected chi connectivity index (χ0v) is 9.83. The van der Waals surface area contributed by atoms with E-state index in [4.69, 9.17) is 16.3 Å². The molecular weight excluding hydrogens is 230 g/mol. The van der Waals surface area contributed by atoms with E-state index in [1.54, 1.807) is 13.2 Å². The molecule has 88 valence electrons. The van der Waals surface area contributed by atoms with Gasteiger partial charge in [-0.3, -0.25) is 4.79 Å². The molecule has 16 heavy (non-hydrogen) atoms. The number of nitrogens with one attached hydrogen (secondary N) is 1. The second-order valence-electron chi connectivity index (χ2n) is 3.82. The van der Waals surface area contributed by atoms with E-state index in [-0.39, 0.29) is 16.7 Å². The van der Waals surface area contributed by atoms with Crippen LogP contribution in [0.2, 0.25) is 5.02 Å². The Labute approximate surface area is 98.4 Å². The Morgan fingerprint density at radius 1 is 1.75 bits per heavy atom. The van der Waals surface area contributed by atoms with Crippen LogP contribution < -0.4 is 10.9 Å². The number of hydrogen-bond donors (Lipinski definition) is 1. The van der Waals surface area contributed by atoms with Crippen molar-refractivity contribution in [3.8, 4) is 0 Å². The van der Waals surface area contributed by atoms with Crippen molar-refractivity contribution >= 4 is 17.3 Å². The van der Waals surface area contributed by atoms with E-state index in [0.29, 0.717) is 12.2 Å². The summed E-state index contributed by atoms with van der Waals surface area (Å²) in [6, 6.07) is 0. The maximum Gasteiger partial charge on any atom is 0.287 e. The van der Waals surface area contributed by atoms with Crippen LogP contribution in [0.3, 0.4) is 0 Å². The Balaban J connectivity index is 2.04. The van der Waals surface area contributed by atoms with Crippen LogP contribution >= 0.6 is 11.6 Å². The van der Waals surface area contributed by atoms with Crippen LogP contribution in [-0.2, 0) is 11.8 Å². The molecule has 1 aliphatic rings. The van der Waals surface area contributed by atoms with Gasteiger partial charge >= 0.3 is 0 Å². The van der Waals surface area contributed by atoms with Gasteiger partial charge in [-0.2, -0.15) is 5.10 Å². The smallest absolute Gasteiger partial charge is 0.287 e. The summed E-state index contributed by atoms with van der Waals surface area (Å²) in [7, 11) is 1.57. The summed E-state index contributed by atoms with van der Waals surface area (Å²) in [6.07, 6.45) is 3.90. The highest BCUT2D eigenvalue weighted by Gasteiger charge is 2.16. The van der Waals surface area contributed by atoms with E-state index in [1.165, 1.54) is 4.68 Å². The molecule has 0 radical (unpaired) electrons. The van der Waals surface area contributed by atoms with E-state index in [0.717, 1.165) is 19.4 Å². The summed E-state index contributed by atoms with van der Waals surface area (Å²) in [5.41, 5.74) is 0.277. The first-order chi connectivity index (χ1) is 7.68. The molecule has 6 heteroatoms. The van der Waals surface area contributed by atoms with Gasteiger partial charge in [0.2, 0.25) is 0 Å². The quantitative estimate of drug-likeness (QED) is 0.862. The zero-order chi connectivity index (χ0) is 11.5. The maximum atomic E-state index is 11.5. The van der Waals surface area contributed by atoms with Gasteiger partial charge in [0.05, 0.1) is 18.0 Å². The predicted molar refractivity (Wildman–Crippen MR) is 62.0 cm³/mol. The first-order valence-electron chi connectivity index (χ1n) is 5.26. The molecule has 0 saturated carbocycles. The van der Waals surface area contributed by atoms with E-state index >= 15 is 0 Å². The maximum absolute atomic E-state index is 11.5. The molecule has 1 atom stereocenters. The SMILES string of the molecule is Cn1ncc(NC[C@H]2CCCO2)c(Cl)c1=O. The Morgan fingerprint density at radius 3 is 3.25 bits per heavy atom. The molecule has 0 bridgehead atoms. The van der Waals surface area contributed by atoms with Crippen molar-refractivity contribution in [2.24, 2.45) is 7.05 Å². The fraction of sp³-hybridized carbons (Fsp3) is 0.600. The number of rotatable bonds is 3. The average Bonchev–Trinajstić information content (AvgIpc) is 2.78. The second kappa shape index (κ2) is 4.84. The van der Waals surface area contributed by atoms with Gasteiger partial charge in [0.1, 0.15) is 5.02 Å². The number of ether oxygens (including phenoxy) is 1. The summed E-state index contributed by atoms with van der Waals surface area (Å²) in [4.78, 5) is 11.5. The Bertz CT molecular complexity index is 427. The van der Waals surface area contributed by atoms with Crippen molar-refractivity contribution in [1.82, 2.24) is 9.78 Å². The van der Waals surface area contributed by atoms with Gasteiger partial charge < -0.3 is 10.1 Å². The van der Waals surface area contributed by atoms with Crippen LogP contribution in [0, 0.1) is 0 Å². The summed E-state index contributed by atoms with van der Waals surface area (Å²) >= 11 is 5.91. The van der Waals surface area contributed by atoms with Crippen molar-refractivity contribution in [3.63, 3.8) is 0 Å². The minimum atomic E-state index is -0.293. The molecule has 0 aliphatic carbocycles. The van der Waals surface area contributed by atoms with Crippen LogP contribution in [-0.4, -0.2) is 29.0 Å². The lowest BCUT2D eigenvalue weighted by molar-refractivity contribution is 0.120. The number of halogens is 1. The molecule has 1 saturated heterocycles. The largest absolute Gasteiger partial charge is 0.380 e. The normalized spacial score (nSPS) is 20.0. The topological polar surface area (TPSA) is 56.1 Å². The van der Waals surface area contributed by atoms with E-state index in [9.17, 15) is 4.79 Å². The number of aryl methyl sites for hydroxylation is 1. The van der Waals surface area contributed by atoms with Crippen molar-refractivity contribution in [3.05, 3.63) is 21.6 Å². The summed E-state index contributed by atoms with van der Waals surface area (Å²) in [5, 5.41) is 7.17. The third kappa shape index (κ3) is 2.36. The third-order valence-electron chi connectivity index (χ3n) is 2.62. The van der Waals surface area contributed by atoms with Crippen LogP contribution in [0.1, 0.15) is 12.8 Å². The lowest BCUT2D eigenvalue weighted by Gasteiger charge is -2.12. The molecule has 1 N–H and O–H groups in total. The Hall–Kier alpha value is -1.07. The highest BCUT2D eigenvalue weighted by atomic mass is 35.5. The fourth-order valence-electron chi connectivity index (χ4n) is 1.66. The van der Waals surface area contributed by atoms with Gasteiger partial charge in [0.15, 0.2) is 0 Å². The van der Waals surface area contributed by atoms with Crippen molar-refractivity contribution < 1.29 is 4.74 Å². The summed E-state index contributed by atoms with van der Waals surface area (Å²) in [5.74, 6) is 0. The minimum Gasteiger partial charge on any atom is -0.380 e. The molecule has 5 nitrogen and oxygen atoms in total. The number of nitrogens with zero attached hydrogens (tertiary/aromatic N) is 2. The summed E-state index contributed by atoms with van der Waals surface area (Å²) < 4.78 is 6.67. The first kappa shape index (κ1) is 11.4. The van der Waals surface area contributed by atoms with Gasteiger partial charge in [0.25, 0.3) is 5.56 Å². The molecule has 2 rings (SSSR count). The molecule has 0 unspecified atom stereocenters. The summed E-state index contributed by atoms with van der Waals surface area (Å²) in [6.45, 7) is 1.48. The van der Waals surface area contributed by atoms with E-state index in [2.05, 4.69) is 10.4 Å². The number of hydrogen-bond acceptors (Lipinski definition) is 4. The molecule has 0 amide bonds. The van der Waals surface area contributed by atoms with Gasteiger partial charge in [-0.25, -0.2) is 4.68 Å². The molecule has 1 aromatic heterocycles. The van der Waals surface area contributed by atoms with Gasteiger partial charge in [0, 0.05) is 20.2 Å². The minimum absolute atomic E-state index is 0.176. The van der Waals surface area contributed by atoms with Gasteiger partial charge in [-0.1, -0.05) is 11.6 Å². The van der Waals surface area contributed by atoms with Crippen LogP contribution in [0.4, 0.5) is 5.69 Å². The molecular formula is C10H14ClN3O2. The van der Waals surface area contributed by atoms with Gasteiger partial charge in [-0.15, -0.1) is 0 Å². The lowest BCUT2D eigenvalue weighted by Crippen LogP contribution is -2.24. The highest BCUT2D eigenvalue weighted by Crippen LogP contribution is 2.17. The molecule has 0 aromatic carbocycles. The molecule has 0 spiro atoms. The molecule has 1 aliphatic heterocycles. The van der Waals surface area contributed by atoms with Gasteiger partial charge in [-0.05, 0) is 12.8 Å². The van der Waals surface area contributed by atoms with E-state index in [1.807, 2.05) is 0 Å². The number of anilines is 1. The van der Waals surface area contributed by atoms with E-state index < -0.39 is 0 Å². The standard InChI is InChI=1S/C10H14ClN3O2/c1-14-10(15)9(11)8(6-13-14)12-5-7-3-2-4-16-7/h6-7,12H,2-5H2,1H3/t7-/m1/s1. The van der Waals surface area contributed by atoms with Crippen LogP contribution in [0.5, 0.6) is 0 Å². The van der Waals surface area contributed by atoms with Crippen molar-refractivity contribution in [2.75, 3.05) is 18.5 Å². The third-order valence-corrected chi connectivity index (χ3v) is 2.99. The van der Waals surface area contributed by atoms with Crippen LogP contribution in [0.25, 0.3) is 0 Å². The fourth-order valence-corrected chi connectivity index (χ4v) is 1.90. The lowest BCUT2D eigenvalue weighted by atomic mass is 10.2. The zero-order valence-electron chi connectivity index (χ0n) is 9.07. The van der Waals surface area contributed by atoms with Crippen LogP contribution in [0.15, 0.2) is 11.0 Å². The molecule has 1 aromatic rings. The predicted octanol–water partition coefficient (Wildman–Crippen LogP) is 1.02. The Morgan fingerprint density at radius 2 is 2.56 bits per heavy atom. The van der Waals surface area contributed by atoms with Crippen molar-refractivity contribution in [1.29, 1.82) is 0 Å². The Kier molecular flexibility index (Phi) is 3.46. The number of aromatic nitrogens is 2. The average molecular weight is 244 g/mol. The second-order valence-corrected chi connectivity index (χ2v) is 4.19. The monoisotopic (exact) mass is 243 g/mol. The van der Waals surface area contributed by atoms with Crippen molar-refractivity contribution in [2.45, 2.75) is 18.9 Å². The molecule has 2 heterocycles. The highest BCUT2D eigenvalue weighted by molar-refractivity contribution is 6.32.